The van der Waals surface area contributed by atoms with Crippen LogP contribution in [-0.2, 0) is 17.7 Å². The summed E-state index contributed by atoms with van der Waals surface area (Å²) >= 11 is 0. The summed E-state index contributed by atoms with van der Waals surface area (Å²) in [7, 11) is 0. The fourth-order valence-corrected chi connectivity index (χ4v) is 2.99. The van der Waals surface area contributed by atoms with Crippen LogP contribution in [-0.4, -0.2) is 51.5 Å². The summed E-state index contributed by atoms with van der Waals surface area (Å²) in [6.07, 6.45) is 5.84. The molecule has 118 valence electrons. The Balaban J connectivity index is 1.48. The van der Waals surface area contributed by atoms with E-state index >= 15 is 0 Å². The number of rotatable bonds is 6. The van der Waals surface area contributed by atoms with Gasteiger partial charge in [0.15, 0.2) is 0 Å². The molecule has 0 bridgehead atoms. The number of hydrogen-bond donors (Lipinski definition) is 0. The van der Waals surface area contributed by atoms with Crippen molar-refractivity contribution in [3.8, 4) is 0 Å². The van der Waals surface area contributed by atoms with Gasteiger partial charge in [0, 0.05) is 19.1 Å². The van der Waals surface area contributed by atoms with Crippen LogP contribution in [0.5, 0.6) is 0 Å². The molecule has 5 nitrogen and oxygen atoms in total. The molecule has 5 heteroatoms. The fourth-order valence-electron chi connectivity index (χ4n) is 2.99. The van der Waals surface area contributed by atoms with Gasteiger partial charge >= 0.3 is 0 Å². The minimum Gasteiger partial charge on any atom is -0.374 e. The second kappa shape index (κ2) is 7.51. The van der Waals surface area contributed by atoms with Gasteiger partial charge in [-0.2, -0.15) is 5.10 Å². The third-order valence-electron chi connectivity index (χ3n) is 4.34. The number of morpholine rings is 1. The van der Waals surface area contributed by atoms with E-state index in [1.54, 1.807) is 12.7 Å². The first-order valence-electron chi connectivity index (χ1n) is 8.03. The Kier molecular flexibility index (Phi) is 5.19. The summed E-state index contributed by atoms with van der Waals surface area (Å²) in [6.45, 7) is 5.89. The molecular formula is C17H24N4O. The van der Waals surface area contributed by atoms with Crippen molar-refractivity contribution in [1.29, 1.82) is 0 Å². The molecule has 0 unspecified atom stereocenters. The van der Waals surface area contributed by atoms with E-state index < -0.39 is 0 Å². The van der Waals surface area contributed by atoms with Gasteiger partial charge in [0.2, 0.25) is 0 Å². The first-order chi connectivity index (χ1) is 10.8. The zero-order valence-electron chi connectivity index (χ0n) is 13.1. The molecular weight excluding hydrogens is 276 g/mol. The molecule has 0 amide bonds. The molecule has 0 N–H and O–H groups in total. The van der Waals surface area contributed by atoms with Crippen LogP contribution < -0.4 is 0 Å². The van der Waals surface area contributed by atoms with Crippen LogP contribution in [0.3, 0.4) is 0 Å². The average molecular weight is 300 g/mol. The maximum atomic E-state index is 5.86. The zero-order chi connectivity index (χ0) is 15.2. The predicted octanol–water partition coefficient (Wildman–Crippen LogP) is 2.00. The fraction of sp³-hybridized carbons (Fsp3) is 0.529. The molecule has 1 aliphatic rings. The molecule has 0 aliphatic carbocycles. The summed E-state index contributed by atoms with van der Waals surface area (Å²) < 4.78 is 7.71. The number of benzene rings is 1. The van der Waals surface area contributed by atoms with Crippen molar-refractivity contribution in [3.63, 3.8) is 0 Å². The van der Waals surface area contributed by atoms with Crippen molar-refractivity contribution >= 4 is 0 Å². The molecule has 2 heterocycles. The Morgan fingerprint density at radius 3 is 2.95 bits per heavy atom. The van der Waals surface area contributed by atoms with Gasteiger partial charge in [0.1, 0.15) is 12.7 Å². The maximum absolute atomic E-state index is 5.86. The standard InChI is InChI=1S/C17H24N4O/c1-15(7-8-16-5-3-2-4-6-16)20-9-10-22-17(11-20)12-21-14-18-13-19-21/h2-6,13-15,17H,7-12H2,1H3/t15-,17-/m1/s1. The molecule has 1 aliphatic heterocycles. The molecule has 1 fully saturated rings. The van der Waals surface area contributed by atoms with Gasteiger partial charge in [-0.3, -0.25) is 9.58 Å². The smallest absolute Gasteiger partial charge is 0.137 e. The van der Waals surface area contributed by atoms with Crippen LogP contribution in [0, 0.1) is 0 Å². The van der Waals surface area contributed by atoms with Gasteiger partial charge in [-0.1, -0.05) is 30.3 Å². The zero-order valence-corrected chi connectivity index (χ0v) is 13.1. The summed E-state index contributed by atoms with van der Waals surface area (Å²) in [6, 6.07) is 11.3. The average Bonchev–Trinajstić information content (AvgIpc) is 3.07. The highest BCUT2D eigenvalue weighted by atomic mass is 16.5. The van der Waals surface area contributed by atoms with Crippen molar-refractivity contribution in [1.82, 2.24) is 19.7 Å². The number of nitrogens with zero attached hydrogens (tertiary/aromatic N) is 4. The summed E-state index contributed by atoms with van der Waals surface area (Å²) in [5, 5.41) is 4.16. The van der Waals surface area contributed by atoms with Crippen LogP contribution in [0.1, 0.15) is 18.9 Å². The van der Waals surface area contributed by atoms with E-state index in [-0.39, 0.29) is 6.10 Å². The van der Waals surface area contributed by atoms with Gasteiger partial charge in [-0.25, -0.2) is 4.98 Å². The molecule has 2 aromatic rings. The molecule has 1 aromatic carbocycles. The van der Waals surface area contributed by atoms with Crippen LogP contribution >= 0.6 is 0 Å². The minimum atomic E-state index is 0.203. The lowest BCUT2D eigenvalue weighted by Crippen LogP contribution is -2.48. The Morgan fingerprint density at radius 1 is 1.32 bits per heavy atom. The molecule has 1 saturated heterocycles. The third-order valence-corrected chi connectivity index (χ3v) is 4.34. The Hall–Kier alpha value is -1.72. The highest BCUT2D eigenvalue weighted by molar-refractivity contribution is 5.14. The second-order valence-corrected chi connectivity index (χ2v) is 5.98. The summed E-state index contributed by atoms with van der Waals surface area (Å²) in [4.78, 5) is 6.52. The van der Waals surface area contributed by atoms with Crippen molar-refractivity contribution < 1.29 is 4.74 Å². The molecule has 0 radical (unpaired) electrons. The van der Waals surface area contributed by atoms with Crippen LogP contribution in [0.2, 0.25) is 0 Å². The predicted molar refractivity (Wildman–Crippen MR) is 85.6 cm³/mol. The van der Waals surface area contributed by atoms with E-state index in [4.69, 9.17) is 4.74 Å². The maximum Gasteiger partial charge on any atom is 0.137 e. The Labute approximate surface area is 131 Å². The monoisotopic (exact) mass is 300 g/mol. The van der Waals surface area contributed by atoms with Gasteiger partial charge in [0.05, 0.1) is 19.3 Å². The number of hydrogen-bond acceptors (Lipinski definition) is 4. The van der Waals surface area contributed by atoms with Crippen molar-refractivity contribution in [2.24, 2.45) is 0 Å². The Morgan fingerprint density at radius 2 is 2.18 bits per heavy atom. The van der Waals surface area contributed by atoms with Crippen LogP contribution in [0.15, 0.2) is 43.0 Å². The third kappa shape index (κ3) is 4.15. The van der Waals surface area contributed by atoms with Crippen LogP contribution in [0.25, 0.3) is 0 Å². The molecule has 22 heavy (non-hydrogen) atoms. The Bertz CT molecular complexity index is 543. The van der Waals surface area contributed by atoms with Gasteiger partial charge in [-0.15, -0.1) is 0 Å². The van der Waals surface area contributed by atoms with E-state index in [1.807, 2.05) is 4.68 Å². The van der Waals surface area contributed by atoms with Gasteiger partial charge < -0.3 is 4.74 Å². The highest BCUT2D eigenvalue weighted by Crippen LogP contribution is 2.14. The van der Waals surface area contributed by atoms with Crippen molar-refractivity contribution in [2.45, 2.75) is 38.5 Å². The highest BCUT2D eigenvalue weighted by Gasteiger charge is 2.24. The van der Waals surface area contributed by atoms with Gasteiger partial charge in [-0.05, 0) is 25.3 Å². The first-order valence-corrected chi connectivity index (χ1v) is 8.03. The lowest BCUT2D eigenvalue weighted by atomic mass is 10.0. The minimum absolute atomic E-state index is 0.203. The molecule has 3 rings (SSSR count). The molecule has 0 saturated carbocycles. The van der Waals surface area contributed by atoms with E-state index in [1.165, 1.54) is 12.0 Å². The molecule has 2 atom stereocenters. The van der Waals surface area contributed by atoms with Crippen molar-refractivity contribution in [3.05, 3.63) is 48.5 Å². The summed E-state index contributed by atoms with van der Waals surface area (Å²) in [5.41, 5.74) is 1.42. The number of aryl methyl sites for hydroxylation is 1. The molecule has 1 aromatic heterocycles. The van der Waals surface area contributed by atoms with E-state index in [9.17, 15) is 0 Å². The second-order valence-electron chi connectivity index (χ2n) is 5.98. The van der Waals surface area contributed by atoms with E-state index in [0.29, 0.717) is 6.04 Å². The normalized spacial score (nSPS) is 20.9. The lowest BCUT2D eigenvalue weighted by molar-refractivity contribution is -0.0500. The van der Waals surface area contributed by atoms with Gasteiger partial charge in [0.25, 0.3) is 0 Å². The SMILES string of the molecule is C[C@H](CCc1ccccc1)N1CCO[C@@H](Cn2cncn2)C1. The van der Waals surface area contributed by atoms with Crippen molar-refractivity contribution in [2.75, 3.05) is 19.7 Å². The lowest BCUT2D eigenvalue weighted by Gasteiger charge is -2.36. The van der Waals surface area contributed by atoms with E-state index in [2.05, 4.69) is 52.2 Å². The van der Waals surface area contributed by atoms with Crippen LogP contribution in [0.4, 0.5) is 0 Å². The molecule has 0 spiro atoms. The topological polar surface area (TPSA) is 43.2 Å². The largest absolute Gasteiger partial charge is 0.374 e. The summed E-state index contributed by atoms with van der Waals surface area (Å²) in [5.74, 6) is 0. The quantitative estimate of drug-likeness (QED) is 0.818. The van der Waals surface area contributed by atoms with E-state index in [0.717, 1.165) is 32.7 Å². The number of ether oxygens (including phenoxy) is 1. The first kappa shape index (κ1) is 15.2. The number of aromatic nitrogens is 3.